The van der Waals surface area contributed by atoms with Crippen LogP contribution in [0.4, 0.5) is 0 Å². The summed E-state index contributed by atoms with van der Waals surface area (Å²) >= 11 is 0. The lowest BCUT2D eigenvalue weighted by molar-refractivity contribution is -0.130. The molecule has 3 heterocycles. The number of para-hydroxylation sites is 1. The summed E-state index contributed by atoms with van der Waals surface area (Å²) in [6, 6.07) is 11.1. The highest BCUT2D eigenvalue weighted by Crippen LogP contribution is 2.31. The minimum Gasteiger partial charge on any atom is -0.478 e. The van der Waals surface area contributed by atoms with E-state index in [0.29, 0.717) is 24.2 Å². The molecule has 0 spiro atoms. The first-order valence-electron chi connectivity index (χ1n) is 7.91. The summed E-state index contributed by atoms with van der Waals surface area (Å²) in [7, 11) is 0. The number of rotatable bonds is 2. The van der Waals surface area contributed by atoms with Crippen molar-refractivity contribution in [3.63, 3.8) is 0 Å². The molecule has 0 saturated heterocycles. The van der Waals surface area contributed by atoms with Gasteiger partial charge in [0.05, 0.1) is 16.8 Å². The molecule has 1 aromatic carbocycles. The zero-order chi connectivity index (χ0) is 17.4. The maximum absolute atomic E-state index is 12.7. The zero-order valence-corrected chi connectivity index (χ0v) is 13.3. The van der Waals surface area contributed by atoms with Gasteiger partial charge in [-0.2, -0.15) is 0 Å². The summed E-state index contributed by atoms with van der Waals surface area (Å²) in [6.45, 7) is 0.402. The predicted molar refractivity (Wildman–Crippen MR) is 92.9 cm³/mol. The van der Waals surface area contributed by atoms with E-state index in [0.717, 1.165) is 16.5 Å². The van der Waals surface area contributed by atoms with Gasteiger partial charge in [-0.1, -0.05) is 18.2 Å². The van der Waals surface area contributed by atoms with Crippen molar-refractivity contribution < 1.29 is 14.7 Å². The number of fused-ring (bicyclic) bond motifs is 3. The first-order valence-corrected chi connectivity index (χ1v) is 7.91. The van der Waals surface area contributed by atoms with E-state index in [9.17, 15) is 14.7 Å². The van der Waals surface area contributed by atoms with Gasteiger partial charge in [-0.15, -0.1) is 0 Å². The van der Waals surface area contributed by atoms with E-state index >= 15 is 0 Å². The summed E-state index contributed by atoms with van der Waals surface area (Å²) < 4.78 is 0. The first kappa shape index (κ1) is 15.1. The third kappa shape index (κ3) is 2.57. The van der Waals surface area contributed by atoms with Crippen LogP contribution in [0.2, 0.25) is 0 Å². The number of aliphatic carboxylic acids is 1. The highest BCUT2D eigenvalue weighted by atomic mass is 16.4. The van der Waals surface area contributed by atoms with Gasteiger partial charge < -0.3 is 15.0 Å². The number of carboxylic acid groups (broad SMARTS) is 1. The second-order valence-electron chi connectivity index (χ2n) is 5.86. The van der Waals surface area contributed by atoms with E-state index in [1.54, 1.807) is 18.3 Å². The molecular weight excluding hydrogens is 318 g/mol. The molecule has 0 aliphatic carbocycles. The Hall–Kier alpha value is -3.41. The molecule has 6 heteroatoms. The number of nitrogens with one attached hydrogen (secondary N) is 1. The molecule has 3 aromatic rings. The van der Waals surface area contributed by atoms with Gasteiger partial charge in [-0.05, 0) is 30.2 Å². The summed E-state index contributed by atoms with van der Waals surface area (Å²) in [5, 5.41) is 10.7. The van der Waals surface area contributed by atoms with Gasteiger partial charge in [0.2, 0.25) is 0 Å². The number of carbonyl (C=O) groups is 2. The Labute approximate surface area is 143 Å². The highest BCUT2D eigenvalue weighted by Gasteiger charge is 2.26. The fraction of sp³-hybridized carbons (Fsp3) is 0.105. The maximum atomic E-state index is 12.7. The number of hydrogen-bond acceptors (Lipinski definition) is 3. The van der Waals surface area contributed by atoms with Crippen LogP contribution in [-0.4, -0.2) is 38.4 Å². The summed E-state index contributed by atoms with van der Waals surface area (Å²) in [4.78, 5) is 33.1. The topological polar surface area (TPSA) is 86.3 Å². The number of carboxylic acids is 1. The Kier molecular flexibility index (Phi) is 3.57. The number of amides is 1. The summed E-state index contributed by atoms with van der Waals surface area (Å²) in [6.07, 6.45) is 5.06. The second-order valence-corrected chi connectivity index (χ2v) is 5.86. The Morgan fingerprint density at radius 2 is 2.00 bits per heavy atom. The molecule has 0 radical (unpaired) electrons. The van der Waals surface area contributed by atoms with Crippen molar-refractivity contribution in [1.29, 1.82) is 0 Å². The van der Waals surface area contributed by atoms with Crippen LogP contribution in [0, 0.1) is 0 Å². The van der Waals surface area contributed by atoms with Crippen LogP contribution in [0.15, 0.2) is 55.0 Å². The molecule has 1 amide bonds. The smallest absolute Gasteiger partial charge is 0.339 e. The van der Waals surface area contributed by atoms with Crippen LogP contribution >= 0.6 is 0 Å². The number of benzene rings is 1. The summed E-state index contributed by atoms with van der Waals surface area (Å²) in [5.74, 6) is -1.33. The SMILES string of the molecule is O=C(O)C1=CN(C(=O)c2cccnc2)CCc2c1[nH]c1ccccc21. The first-order chi connectivity index (χ1) is 12.1. The number of carbonyl (C=O) groups excluding carboxylic acids is 1. The molecule has 1 aliphatic rings. The molecule has 124 valence electrons. The lowest BCUT2D eigenvalue weighted by atomic mass is 10.0. The molecule has 4 rings (SSSR count). The third-order valence-electron chi connectivity index (χ3n) is 4.37. The predicted octanol–water partition coefficient (Wildman–Crippen LogP) is 2.69. The molecule has 2 N–H and O–H groups in total. The quantitative estimate of drug-likeness (QED) is 0.755. The van der Waals surface area contributed by atoms with E-state index in [4.69, 9.17) is 0 Å². The van der Waals surface area contributed by atoms with Gasteiger partial charge in [-0.3, -0.25) is 9.78 Å². The second kappa shape index (κ2) is 5.90. The number of aromatic nitrogens is 2. The zero-order valence-electron chi connectivity index (χ0n) is 13.3. The van der Waals surface area contributed by atoms with Crippen LogP contribution in [0.3, 0.4) is 0 Å². The fourth-order valence-corrected chi connectivity index (χ4v) is 3.18. The van der Waals surface area contributed by atoms with Crippen molar-refractivity contribution >= 4 is 28.4 Å². The molecule has 6 nitrogen and oxygen atoms in total. The van der Waals surface area contributed by atoms with Gasteiger partial charge in [-0.25, -0.2) is 4.79 Å². The van der Waals surface area contributed by atoms with Crippen molar-refractivity contribution in [1.82, 2.24) is 14.9 Å². The fourth-order valence-electron chi connectivity index (χ4n) is 3.18. The summed E-state index contributed by atoms with van der Waals surface area (Å²) in [5.41, 5.74) is 2.90. The lowest BCUT2D eigenvalue weighted by Crippen LogP contribution is -2.27. The lowest BCUT2D eigenvalue weighted by Gasteiger charge is -2.17. The standard InChI is InChI=1S/C19H15N3O3/c23-18(12-4-3-8-20-10-12)22-9-7-14-13-5-1-2-6-16(13)21-17(14)15(11-22)19(24)25/h1-6,8,10-11,21H,7,9H2,(H,24,25). The van der Waals surface area contributed by atoms with Crippen molar-refractivity contribution in [2.45, 2.75) is 6.42 Å². The maximum Gasteiger partial charge on any atom is 0.339 e. The molecule has 0 unspecified atom stereocenters. The van der Waals surface area contributed by atoms with Crippen LogP contribution in [-0.2, 0) is 11.2 Å². The molecular formula is C19H15N3O3. The minimum absolute atomic E-state index is 0.0842. The van der Waals surface area contributed by atoms with Crippen LogP contribution < -0.4 is 0 Å². The Morgan fingerprint density at radius 3 is 2.76 bits per heavy atom. The normalized spacial score (nSPS) is 13.9. The van der Waals surface area contributed by atoms with Crippen molar-refractivity contribution in [3.8, 4) is 0 Å². The number of H-pyrrole nitrogens is 1. The van der Waals surface area contributed by atoms with Gasteiger partial charge in [0, 0.05) is 36.0 Å². The average Bonchev–Trinajstić information content (AvgIpc) is 2.89. The molecule has 0 fully saturated rings. The highest BCUT2D eigenvalue weighted by molar-refractivity contribution is 6.17. The van der Waals surface area contributed by atoms with E-state index in [-0.39, 0.29) is 11.5 Å². The number of aromatic amines is 1. The van der Waals surface area contributed by atoms with Gasteiger partial charge in [0.15, 0.2) is 0 Å². The van der Waals surface area contributed by atoms with E-state index in [1.807, 2.05) is 24.3 Å². The molecule has 0 atom stereocenters. The van der Waals surface area contributed by atoms with E-state index < -0.39 is 5.97 Å². The van der Waals surface area contributed by atoms with Gasteiger partial charge in [0.1, 0.15) is 0 Å². The van der Waals surface area contributed by atoms with Crippen LogP contribution in [0.5, 0.6) is 0 Å². The molecule has 0 saturated carbocycles. The Balaban J connectivity index is 1.81. The Bertz CT molecular complexity index is 1010. The molecule has 25 heavy (non-hydrogen) atoms. The van der Waals surface area contributed by atoms with E-state index in [1.165, 1.54) is 17.3 Å². The molecule has 2 aromatic heterocycles. The van der Waals surface area contributed by atoms with Gasteiger partial charge in [0.25, 0.3) is 5.91 Å². The van der Waals surface area contributed by atoms with Crippen molar-refractivity contribution in [3.05, 3.63) is 71.8 Å². The minimum atomic E-state index is -1.07. The number of pyridine rings is 1. The van der Waals surface area contributed by atoms with E-state index in [2.05, 4.69) is 9.97 Å². The van der Waals surface area contributed by atoms with Crippen LogP contribution in [0.1, 0.15) is 21.6 Å². The van der Waals surface area contributed by atoms with Crippen molar-refractivity contribution in [2.75, 3.05) is 6.54 Å². The molecule has 1 aliphatic heterocycles. The van der Waals surface area contributed by atoms with Crippen molar-refractivity contribution in [2.24, 2.45) is 0 Å². The largest absolute Gasteiger partial charge is 0.478 e. The number of nitrogens with zero attached hydrogens (tertiary/aromatic N) is 2. The van der Waals surface area contributed by atoms with Crippen LogP contribution in [0.25, 0.3) is 16.5 Å². The monoisotopic (exact) mass is 333 g/mol. The molecule has 0 bridgehead atoms. The number of hydrogen-bond donors (Lipinski definition) is 2. The van der Waals surface area contributed by atoms with Gasteiger partial charge >= 0.3 is 5.97 Å². The third-order valence-corrected chi connectivity index (χ3v) is 4.37. The Morgan fingerprint density at radius 1 is 1.16 bits per heavy atom. The average molecular weight is 333 g/mol.